The molecule has 1 saturated heterocycles. The van der Waals surface area contributed by atoms with Gasteiger partial charge in [0.2, 0.25) is 0 Å². The number of carbonyl (C=O) groups excluding carboxylic acids is 1. The Kier molecular flexibility index (Phi) is 3.11. The molecule has 0 spiro atoms. The molecule has 1 aromatic heterocycles. The highest BCUT2D eigenvalue weighted by Gasteiger charge is 2.17. The van der Waals surface area contributed by atoms with E-state index in [0.717, 1.165) is 13.1 Å². The van der Waals surface area contributed by atoms with E-state index in [2.05, 4.69) is 15.2 Å². The second-order valence-electron chi connectivity index (χ2n) is 4.00. The lowest BCUT2D eigenvalue weighted by atomic mass is 10.1. The standard InChI is InChI=1S/C10H16N4O/c1-13-9(7-11-12-13)10(15)8-14-5-3-2-4-6-14/h7H,2-6,8H2,1H3. The van der Waals surface area contributed by atoms with E-state index < -0.39 is 0 Å². The van der Waals surface area contributed by atoms with Gasteiger partial charge in [0, 0.05) is 7.05 Å². The number of aromatic nitrogens is 3. The largest absolute Gasteiger partial charge is 0.296 e. The monoisotopic (exact) mass is 208 g/mol. The van der Waals surface area contributed by atoms with Crippen LogP contribution >= 0.6 is 0 Å². The fourth-order valence-corrected chi connectivity index (χ4v) is 1.94. The summed E-state index contributed by atoms with van der Waals surface area (Å²) in [6.07, 6.45) is 5.23. The van der Waals surface area contributed by atoms with E-state index in [4.69, 9.17) is 0 Å². The van der Waals surface area contributed by atoms with Crippen LogP contribution in [0.3, 0.4) is 0 Å². The van der Waals surface area contributed by atoms with Crippen LogP contribution in [0.4, 0.5) is 0 Å². The summed E-state index contributed by atoms with van der Waals surface area (Å²) in [6, 6.07) is 0. The number of nitrogens with zero attached hydrogens (tertiary/aromatic N) is 4. The smallest absolute Gasteiger partial charge is 0.196 e. The Morgan fingerprint density at radius 2 is 2.13 bits per heavy atom. The number of hydrogen-bond acceptors (Lipinski definition) is 4. The maximum absolute atomic E-state index is 11.9. The Hall–Kier alpha value is -1.23. The predicted octanol–water partition coefficient (Wildman–Crippen LogP) is 0.484. The molecule has 2 heterocycles. The van der Waals surface area contributed by atoms with Gasteiger partial charge in [0.05, 0.1) is 12.7 Å². The minimum Gasteiger partial charge on any atom is -0.296 e. The molecule has 0 atom stereocenters. The summed E-state index contributed by atoms with van der Waals surface area (Å²) in [7, 11) is 1.75. The van der Waals surface area contributed by atoms with Crippen LogP contribution in [0, 0.1) is 0 Å². The van der Waals surface area contributed by atoms with Crippen molar-refractivity contribution in [2.45, 2.75) is 19.3 Å². The molecule has 0 N–H and O–H groups in total. The maximum Gasteiger partial charge on any atom is 0.196 e. The molecule has 1 fully saturated rings. The van der Waals surface area contributed by atoms with Gasteiger partial charge in [0.25, 0.3) is 0 Å². The fraction of sp³-hybridized carbons (Fsp3) is 0.700. The van der Waals surface area contributed by atoms with E-state index in [1.165, 1.54) is 30.1 Å². The molecule has 0 aliphatic carbocycles. The van der Waals surface area contributed by atoms with Crippen molar-refractivity contribution in [3.05, 3.63) is 11.9 Å². The van der Waals surface area contributed by atoms with Crippen molar-refractivity contribution < 1.29 is 4.79 Å². The molecule has 5 nitrogen and oxygen atoms in total. The van der Waals surface area contributed by atoms with Crippen molar-refractivity contribution in [3.63, 3.8) is 0 Å². The number of rotatable bonds is 3. The second kappa shape index (κ2) is 4.53. The summed E-state index contributed by atoms with van der Waals surface area (Å²) in [5, 5.41) is 7.47. The molecule has 1 aromatic rings. The van der Waals surface area contributed by atoms with Crippen LogP contribution in [0.1, 0.15) is 29.8 Å². The Morgan fingerprint density at radius 1 is 1.40 bits per heavy atom. The zero-order valence-electron chi connectivity index (χ0n) is 9.02. The van der Waals surface area contributed by atoms with Crippen LogP contribution in [0.2, 0.25) is 0 Å². The van der Waals surface area contributed by atoms with Gasteiger partial charge in [-0.05, 0) is 25.9 Å². The summed E-state index contributed by atoms with van der Waals surface area (Å²) in [4.78, 5) is 14.1. The summed E-state index contributed by atoms with van der Waals surface area (Å²) in [6.45, 7) is 2.58. The zero-order valence-corrected chi connectivity index (χ0v) is 9.02. The number of piperidine rings is 1. The van der Waals surface area contributed by atoms with Crippen LogP contribution in [-0.2, 0) is 7.05 Å². The van der Waals surface area contributed by atoms with Gasteiger partial charge in [-0.15, -0.1) is 5.10 Å². The van der Waals surface area contributed by atoms with Crippen LogP contribution in [-0.4, -0.2) is 45.3 Å². The topological polar surface area (TPSA) is 51.0 Å². The fourth-order valence-electron chi connectivity index (χ4n) is 1.94. The van der Waals surface area contributed by atoms with Crippen LogP contribution in [0.15, 0.2) is 6.20 Å². The number of carbonyl (C=O) groups is 1. The molecule has 1 aliphatic rings. The van der Waals surface area contributed by atoms with Crippen LogP contribution in [0.5, 0.6) is 0 Å². The Morgan fingerprint density at radius 3 is 2.73 bits per heavy atom. The minimum atomic E-state index is 0.115. The van der Waals surface area contributed by atoms with Gasteiger partial charge in [-0.1, -0.05) is 11.6 Å². The van der Waals surface area contributed by atoms with Crippen LogP contribution in [0.25, 0.3) is 0 Å². The van der Waals surface area contributed by atoms with Crippen molar-refractivity contribution >= 4 is 5.78 Å². The molecule has 0 bridgehead atoms. The molecular weight excluding hydrogens is 192 g/mol. The number of likely N-dealkylation sites (tertiary alicyclic amines) is 1. The molecule has 82 valence electrons. The summed E-state index contributed by atoms with van der Waals surface area (Å²) in [5.41, 5.74) is 0.598. The first-order valence-electron chi connectivity index (χ1n) is 5.37. The van der Waals surface area contributed by atoms with Gasteiger partial charge in [-0.2, -0.15) is 0 Å². The predicted molar refractivity (Wildman–Crippen MR) is 55.6 cm³/mol. The molecule has 0 radical (unpaired) electrons. The minimum absolute atomic E-state index is 0.115. The van der Waals surface area contributed by atoms with Crippen molar-refractivity contribution in [3.8, 4) is 0 Å². The Bertz CT molecular complexity index is 341. The molecule has 1 aliphatic heterocycles. The Labute approximate surface area is 89.1 Å². The quantitative estimate of drug-likeness (QED) is 0.678. The lowest BCUT2D eigenvalue weighted by molar-refractivity contribution is 0.0906. The third-order valence-electron chi connectivity index (χ3n) is 2.82. The highest BCUT2D eigenvalue weighted by molar-refractivity contribution is 5.95. The van der Waals surface area contributed by atoms with Gasteiger partial charge < -0.3 is 0 Å². The molecule has 5 heteroatoms. The van der Waals surface area contributed by atoms with E-state index in [1.807, 2.05) is 0 Å². The van der Waals surface area contributed by atoms with E-state index in [-0.39, 0.29) is 5.78 Å². The second-order valence-corrected chi connectivity index (χ2v) is 4.00. The van der Waals surface area contributed by atoms with E-state index in [0.29, 0.717) is 12.2 Å². The van der Waals surface area contributed by atoms with Crippen LogP contribution < -0.4 is 0 Å². The lowest BCUT2D eigenvalue weighted by Gasteiger charge is -2.25. The van der Waals surface area contributed by atoms with Crippen molar-refractivity contribution in [2.75, 3.05) is 19.6 Å². The molecular formula is C10H16N4O. The molecule has 2 rings (SSSR count). The van der Waals surface area contributed by atoms with Crippen molar-refractivity contribution in [2.24, 2.45) is 7.05 Å². The van der Waals surface area contributed by atoms with E-state index in [1.54, 1.807) is 7.05 Å². The first-order chi connectivity index (χ1) is 7.27. The normalized spacial score (nSPS) is 17.9. The third kappa shape index (κ3) is 2.41. The summed E-state index contributed by atoms with van der Waals surface area (Å²) in [5.74, 6) is 0.115. The highest BCUT2D eigenvalue weighted by Crippen LogP contribution is 2.09. The Balaban J connectivity index is 1.94. The maximum atomic E-state index is 11.9. The highest BCUT2D eigenvalue weighted by atomic mass is 16.1. The average molecular weight is 208 g/mol. The molecule has 0 amide bonds. The number of Topliss-reactive ketones (excluding diaryl/α,β-unsaturated/α-hetero) is 1. The third-order valence-corrected chi connectivity index (χ3v) is 2.82. The summed E-state index contributed by atoms with van der Waals surface area (Å²) >= 11 is 0. The zero-order chi connectivity index (χ0) is 10.7. The molecule has 0 aromatic carbocycles. The number of hydrogen-bond donors (Lipinski definition) is 0. The van der Waals surface area contributed by atoms with Gasteiger partial charge in [-0.3, -0.25) is 9.69 Å². The van der Waals surface area contributed by atoms with Crippen molar-refractivity contribution in [1.82, 2.24) is 19.9 Å². The van der Waals surface area contributed by atoms with Gasteiger partial charge in [0.15, 0.2) is 5.78 Å². The van der Waals surface area contributed by atoms with Gasteiger partial charge >= 0.3 is 0 Å². The van der Waals surface area contributed by atoms with Crippen molar-refractivity contribution in [1.29, 1.82) is 0 Å². The molecule has 0 unspecified atom stereocenters. The average Bonchev–Trinajstić information content (AvgIpc) is 2.66. The molecule has 0 saturated carbocycles. The number of aryl methyl sites for hydroxylation is 1. The first-order valence-corrected chi connectivity index (χ1v) is 5.37. The van der Waals surface area contributed by atoms with Gasteiger partial charge in [-0.25, -0.2) is 4.68 Å². The van der Waals surface area contributed by atoms with E-state index >= 15 is 0 Å². The van der Waals surface area contributed by atoms with E-state index in [9.17, 15) is 4.79 Å². The summed E-state index contributed by atoms with van der Waals surface area (Å²) < 4.78 is 1.53. The first kappa shape index (κ1) is 10.3. The number of ketones is 1. The van der Waals surface area contributed by atoms with Gasteiger partial charge in [0.1, 0.15) is 5.69 Å². The SMILES string of the molecule is Cn1nncc1C(=O)CN1CCCCC1. The lowest BCUT2D eigenvalue weighted by Crippen LogP contribution is -2.35. The molecule has 15 heavy (non-hydrogen) atoms.